The number of nitrogens with one attached hydrogen (secondary N) is 12. The van der Waals surface area contributed by atoms with Gasteiger partial charge in [0.1, 0.15) is 42.3 Å². The first kappa shape index (κ1) is 95.0. The lowest BCUT2D eigenvalue weighted by Gasteiger charge is -2.32. The summed E-state index contributed by atoms with van der Waals surface area (Å²) in [6, 6.07) is -9.58. The fourth-order valence-electron chi connectivity index (χ4n) is 9.63. The number of aliphatic imine (C=N–C) groups is 2. The van der Waals surface area contributed by atoms with Crippen molar-refractivity contribution < 1.29 is 102 Å². The van der Waals surface area contributed by atoms with E-state index in [-0.39, 0.29) is 198 Å². The van der Waals surface area contributed by atoms with Crippen LogP contribution in [0.15, 0.2) is 9.98 Å². The topological polar surface area (TPSA) is 668 Å². The highest BCUT2D eigenvalue weighted by Gasteiger charge is 2.33. The number of aliphatic hydroxyl groups excluding tert-OH is 1. The Bertz CT molecular complexity index is 2890. The number of hydrogen-bond donors (Lipinski definition) is 23. The Kier molecular flexibility index (Phi) is 48.9. The van der Waals surface area contributed by atoms with Crippen molar-refractivity contribution in [3.63, 3.8) is 0 Å². The molecule has 0 aromatic rings. The van der Waals surface area contributed by atoms with Gasteiger partial charge in [-0.1, -0.05) is 13.8 Å². The molecule has 1 rings (SSSR count). The van der Waals surface area contributed by atoms with Crippen molar-refractivity contribution in [2.75, 3.05) is 175 Å². The van der Waals surface area contributed by atoms with Gasteiger partial charge in [-0.25, -0.2) is 0 Å². The monoisotopic (exact) mass is 1550 g/mol. The SMILES string of the molecule is CC(C)C[C@H](NC(=O)[C@H](CS)NC(=O)[C@H](C)NC(=O)CN)C(=O)N[C@@H](CCCN=C(N)N)C(=O)N[C@@H](CO)C(=O)NCC(=O)N[C@@H](CCCN=C(N)N)C(=O)NCC(=O)N[C@@H](CS)C(=O)NCC(=O)NCCOCCOCCNC(=O)CN1CCN(CC(=O)O)CCN(CC(=O)O)CCN(CC(=O)O)CC1. The van der Waals surface area contributed by atoms with E-state index < -0.39 is 158 Å². The Morgan fingerprint density at radius 2 is 0.764 bits per heavy atom. The third-order valence-corrected chi connectivity index (χ3v) is 15.8. The molecular weight excluding hydrogens is 1440 g/mol. The number of ether oxygens (including phenoxy) is 2. The second kappa shape index (κ2) is 54.5. The summed E-state index contributed by atoms with van der Waals surface area (Å²) in [5.41, 5.74) is 27.1. The molecule has 0 spiro atoms. The Morgan fingerprint density at radius 1 is 0.415 bits per heavy atom. The van der Waals surface area contributed by atoms with Crippen molar-refractivity contribution in [1.82, 2.24) is 83.4 Å². The van der Waals surface area contributed by atoms with E-state index in [4.69, 9.17) is 38.1 Å². The Morgan fingerprint density at radius 3 is 1.18 bits per heavy atom. The lowest BCUT2D eigenvalue weighted by molar-refractivity contribution is -0.140. The van der Waals surface area contributed by atoms with Crippen molar-refractivity contribution in [3.05, 3.63) is 0 Å². The maximum atomic E-state index is 13.9. The van der Waals surface area contributed by atoms with Gasteiger partial charge in [0.2, 0.25) is 70.9 Å². The van der Waals surface area contributed by atoms with Crippen LogP contribution in [0.4, 0.5) is 0 Å². The van der Waals surface area contributed by atoms with Crippen LogP contribution >= 0.6 is 25.3 Å². The van der Waals surface area contributed by atoms with Crippen LogP contribution in [-0.4, -0.2) is 358 Å². The number of amides is 12. The highest BCUT2D eigenvalue weighted by atomic mass is 32.1. The number of carbonyl (C=O) groups excluding carboxylic acids is 12. The molecule has 106 heavy (non-hydrogen) atoms. The first-order valence-electron chi connectivity index (χ1n) is 34.0. The van der Waals surface area contributed by atoms with Crippen molar-refractivity contribution in [2.24, 2.45) is 44.6 Å². The quantitative estimate of drug-likeness (QED) is 0.0116. The number of carbonyl (C=O) groups is 15. The van der Waals surface area contributed by atoms with Crippen molar-refractivity contribution in [2.45, 2.75) is 95.2 Å². The average Bonchev–Trinajstić information content (AvgIpc) is 0.868. The maximum Gasteiger partial charge on any atom is 0.317 e. The van der Waals surface area contributed by atoms with Gasteiger partial charge in [-0.05, 0) is 44.9 Å². The van der Waals surface area contributed by atoms with Crippen molar-refractivity contribution >= 4 is 126 Å². The lowest BCUT2D eigenvalue weighted by atomic mass is 10.0. The molecule has 1 aliphatic heterocycles. The third-order valence-electron chi connectivity index (χ3n) is 15.1. The summed E-state index contributed by atoms with van der Waals surface area (Å²) < 4.78 is 11.0. The molecule has 0 aromatic carbocycles. The molecule has 1 heterocycles. The van der Waals surface area contributed by atoms with Gasteiger partial charge in [0.25, 0.3) is 0 Å². The summed E-state index contributed by atoms with van der Waals surface area (Å²) >= 11 is 8.28. The number of nitrogens with zero attached hydrogens (tertiary/aromatic N) is 6. The first-order chi connectivity index (χ1) is 50.2. The number of aliphatic carboxylic acids is 3. The summed E-state index contributed by atoms with van der Waals surface area (Å²) in [7, 11) is 0. The van der Waals surface area contributed by atoms with Crippen LogP contribution in [0.3, 0.4) is 0 Å². The summed E-state index contributed by atoms with van der Waals surface area (Å²) in [5.74, 6) is -14.2. The molecule has 1 saturated heterocycles. The number of carboxylic acids is 3. The van der Waals surface area contributed by atoms with Crippen molar-refractivity contribution in [1.29, 1.82) is 0 Å². The van der Waals surface area contributed by atoms with E-state index in [0.29, 0.717) is 0 Å². The van der Waals surface area contributed by atoms with E-state index >= 15 is 0 Å². The number of carboxylic acid groups (broad SMARTS) is 3. The molecule has 44 nitrogen and oxygen atoms in total. The van der Waals surface area contributed by atoms with Gasteiger partial charge in [-0.2, -0.15) is 25.3 Å². The Hall–Kier alpha value is -9.03. The smallest absolute Gasteiger partial charge is 0.317 e. The zero-order chi connectivity index (χ0) is 79.7. The van der Waals surface area contributed by atoms with Crippen LogP contribution < -0.4 is 92.5 Å². The van der Waals surface area contributed by atoms with E-state index in [1.807, 2.05) is 0 Å². The van der Waals surface area contributed by atoms with Crippen LogP contribution in [0.25, 0.3) is 0 Å². The predicted molar refractivity (Wildman–Crippen MR) is 388 cm³/mol. The minimum Gasteiger partial charge on any atom is -0.480 e. The molecule has 7 atom stereocenters. The fraction of sp³-hybridized carbons (Fsp3) is 0.717. The van der Waals surface area contributed by atoms with E-state index in [1.54, 1.807) is 33.4 Å². The van der Waals surface area contributed by atoms with Crippen LogP contribution in [0.1, 0.15) is 52.9 Å². The number of rotatable bonds is 51. The van der Waals surface area contributed by atoms with Gasteiger partial charge >= 0.3 is 17.9 Å². The van der Waals surface area contributed by atoms with Gasteiger partial charge in [-0.3, -0.25) is 102 Å². The second-order valence-electron chi connectivity index (χ2n) is 24.4. The summed E-state index contributed by atoms with van der Waals surface area (Å²) in [6.07, 6.45) is -0.0746. The molecule has 1 aliphatic rings. The van der Waals surface area contributed by atoms with Gasteiger partial charge < -0.3 is 122 Å². The van der Waals surface area contributed by atoms with E-state index in [1.165, 1.54) is 6.92 Å². The fourth-order valence-corrected chi connectivity index (χ4v) is 10.1. The zero-order valence-corrected chi connectivity index (χ0v) is 61.7. The molecular formula is C60H109N23O21S2. The maximum absolute atomic E-state index is 13.9. The third kappa shape index (κ3) is 44.7. The Labute approximate surface area is 624 Å². The summed E-state index contributed by atoms with van der Waals surface area (Å²) in [5, 5.41) is 67.8. The molecule has 602 valence electrons. The van der Waals surface area contributed by atoms with Crippen LogP contribution in [-0.2, 0) is 81.4 Å². The van der Waals surface area contributed by atoms with Gasteiger partial charge in [-0.15, -0.1) is 0 Å². The number of hydrogen-bond acceptors (Lipinski definition) is 27. The van der Waals surface area contributed by atoms with Gasteiger partial charge in [0.05, 0.1) is 85.4 Å². The zero-order valence-electron chi connectivity index (χ0n) is 59.9. The van der Waals surface area contributed by atoms with E-state index in [9.17, 15) is 92.3 Å². The molecule has 1 fully saturated rings. The Balaban J connectivity index is 2.78. The molecule has 46 heteroatoms. The average molecular weight is 1550 g/mol. The van der Waals surface area contributed by atoms with Crippen LogP contribution in [0.2, 0.25) is 0 Å². The molecule has 12 amide bonds. The summed E-state index contributed by atoms with van der Waals surface area (Å²) in [6.45, 7) is 2.83. The summed E-state index contributed by atoms with van der Waals surface area (Å²) in [4.78, 5) is 206. The number of thiol groups is 2. The normalized spacial score (nSPS) is 15.2. The van der Waals surface area contributed by atoms with Crippen molar-refractivity contribution in [3.8, 4) is 0 Å². The minimum atomic E-state index is -1.74. The largest absolute Gasteiger partial charge is 0.480 e. The highest BCUT2D eigenvalue weighted by Crippen LogP contribution is 2.10. The molecule has 0 aliphatic carbocycles. The second-order valence-corrected chi connectivity index (χ2v) is 25.1. The van der Waals surface area contributed by atoms with Gasteiger partial charge in [0.15, 0.2) is 11.9 Å². The predicted octanol–water partition coefficient (Wildman–Crippen LogP) is -12.5. The molecule has 0 saturated carbocycles. The van der Waals surface area contributed by atoms with E-state index in [0.717, 1.165) is 0 Å². The standard InChI is InChI=1S/C60H109N23O21S2/c1-36(2)24-40(77-58(102)43(35-106)79-52(96)37(3)73-44(85)25-61)57(101)76-39(7-5-9-69-60(64)65)56(100)78-41(33-84)54(98)72-27-46(87)74-38(6-4-8-68-59(62)63)53(97)71-28-47(88)75-42(34-105)55(99)70-26-45(86)66-10-20-103-22-23-104-21-11-67-48(89)29-80-12-14-81(30-49(90)91)16-18-83(32-51(94)95)19-17-82(15-13-80)31-50(92)93/h36-43,84,105-106H,4-35,61H2,1-3H3,(H,66,86)(H,67,89)(H,70,99)(H,71,97)(H,72,98)(H,73,85)(H,74,87)(H,75,88)(H,76,101)(H,77,102)(H,78,100)(H,79,96)(H,90,91)(H,92,93)(H,94,95)(H4,62,63,68)(H4,64,65,69)/t37-,38-,39-,40-,41-,42-,43-/m0/s1. The van der Waals surface area contributed by atoms with E-state index in [2.05, 4.69) is 99.0 Å². The van der Waals surface area contributed by atoms with Crippen LogP contribution in [0, 0.1) is 5.92 Å². The molecule has 26 N–H and O–H groups in total. The van der Waals surface area contributed by atoms with Crippen LogP contribution in [0.5, 0.6) is 0 Å². The minimum absolute atomic E-state index is 0.00265. The number of nitrogens with two attached hydrogens (primary N) is 5. The first-order valence-corrected chi connectivity index (χ1v) is 35.3. The molecule has 0 aromatic heterocycles. The number of aliphatic hydroxyl groups is 1. The highest BCUT2D eigenvalue weighted by molar-refractivity contribution is 7.80. The lowest BCUT2D eigenvalue weighted by Crippen LogP contribution is -2.60. The molecule has 0 radical (unpaired) electrons. The number of guanidine groups is 2. The molecule has 0 unspecified atom stereocenters. The van der Waals surface area contributed by atoms with Gasteiger partial charge in [0, 0.05) is 90.0 Å². The molecule has 0 bridgehead atoms.